The first kappa shape index (κ1) is 20.2. The molecule has 2 aromatic carbocycles. The van der Waals surface area contributed by atoms with Crippen LogP contribution in [0.3, 0.4) is 0 Å². The highest BCUT2D eigenvalue weighted by Gasteiger charge is 2.15. The van der Waals surface area contributed by atoms with Crippen LogP contribution in [-0.4, -0.2) is 5.91 Å². The fraction of sp³-hybridized carbons (Fsp3) is 0.292. The second kappa shape index (κ2) is 8.61. The van der Waals surface area contributed by atoms with Crippen molar-refractivity contribution in [2.24, 2.45) is 0 Å². The highest BCUT2D eigenvalue weighted by molar-refractivity contribution is 7.12. The molecular weight excluding hydrogens is 366 g/mol. The Morgan fingerprint density at radius 2 is 1.71 bits per heavy atom. The summed E-state index contributed by atoms with van der Waals surface area (Å²) in [5.41, 5.74) is 6.87. The molecule has 0 saturated carbocycles. The molecule has 1 atom stereocenters. The van der Waals surface area contributed by atoms with Crippen LogP contribution in [0.5, 0.6) is 5.75 Å². The van der Waals surface area contributed by atoms with Gasteiger partial charge in [-0.15, -0.1) is 11.3 Å². The van der Waals surface area contributed by atoms with Crippen LogP contribution in [0.2, 0.25) is 0 Å². The van der Waals surface area contributed by atoms with Crippen molar-refractivity contribution in [2.75, 3.05) is 0 Å². The van der Waals surface area contributed by atoms with Gasteiger partial charge in [0.25, 0.3) is 5.91 Å². The maximum absolute atomic E-state index is 12.7. The predicted octanol–water partition coefficient (Wildman–Crippen LogP) is 6.05. The summed E-state index contributed by atoms with van der Waals surface area (Å²) in [7, 11) is 0. The standard InChI is InChI=1S/C24H27NO2S/c1-15-7-9-21(18(4)10-15)19(5)25-24(26)23-12-20(14-28-23)13-27-22-11-16(2)6-8-17(22)3/h6-12,14,19H,13H2,1-5H3,(H,25,26). The summed E-state index contributed by atoms with van der Waals surface area (Å²) in [6.45, 7) is 10.7. The lowest BCUT2D eigenvalue weighted by atomic mass is 10.0. The van der Waals surface area contributed by atoms with Crippen LogP contribution in [0, 0.1) is 27.7 Å². The normalized spacial score (nSPS) is 11.9. The molecular formula is C24H27NO2S. The summed E-state index contributed by atoms with van der Waals surface area (Å²) in [6.07, 6.45) is 0. The number of nitrogens with one attached hydrogen (secondary N) is 1. The lowest BCUT2D eigenvalue weighted by Gasteiger charge is -2.16. The minimum absolute atomic E-state index is 0.0372. The molecule has 3 nitrogen and oxygen atoms in total. The zero-order valence-electron chi connectivity index (χ0n) is 17.1. The Morgan fingerprint density at radius 1 is 1.00 bits per heavy atom. The molecule has 0 radical (unpaired) electrons. The van der Waals surface area contributed by atoms with E-state index in [9.17, 15) is 4.79 Å². The van der Waals surface area contributed by atoms with Crippen LogP contribution in [0.4, 0.5) is 0 Å². The number of aryl methyl sites for hydroxylation is 4. The third kappa shape index (κ3) is 4.82. The fourth-order valence-corrected chi connectivity index (χ4v) is 4.05. The lowest BCUT2D eigenvalue weighted by Crippen LogP contribution is -2.26. The smallest absolute Gasteiger partial charge is 0.261 e. The third-order valence-corrected chi connectivity index (χ3v) is 5.83. The lowest BCUT2D eigenvalue weighted by molar-refractivity contribution is 0.0944. The van der Waals surface area contributed by atoms with Crippen molar-refractivity contribution < 1.29 is 9.53 Å². The molecule has 0 spiro atoms. The molecule has 0 aliphatic heterocycles. The highest BCUT2D eigenvalue weighted by Crippen LogP contribution is 2.23. The van der Waals surface area contributed by atoms with Gasteiger partial charge in [0.1, 0.15) is 12.4 Å². The SMILES string of the molecule is Cc1ccc(C(C)NC(=O)c2cc(COc3cc(C)ccc3C)cs2)c(C)c1. The van der Waals surface area contributed by atoms with E-state index < -0.39 is 0 Å². The van der Waals surface area contributed by atoms with Gasteiger partial charge in [-0.1, -0.05) is 35.9 Å². The van der Waals surface area contributed by atoms with Crippen LogP contribution in [0.15, 0.2) is 47.8 Å². The van der Waals surface area contributed by atoms with Gasteiger partial charge in [0, 0.05) is 5.56 Å². The molecule has 3 aromatic rings. The van der Waals surface area contributed by atoms with Gasteiger partial charge < -0.3 is 10.1 Å². The van der Waals surface area contributed by atoms with Gasteiger partial charge in [0.2, 0.25) is 0 Å². The highest BCUT2D eigenvalue weighted by atomic mass is 32.1. The first-order valence-corrected chi connectivity index (χ1v) is 10.4. The van der Waals surface area contributed by atoms with Gasteiger partial charge in [-0.3, -0.25) is 4.79 Å². The van der Waals surface area contributed by atoms with E-state index in [1.807, 2.05) is 31.4 Å². The maximum Gasteiger partial charge on any atom is 0.261 e. The van der Waals surface area contributed by atoms with Crippen LogP contribution in [-0.2, 0) is 6.61 Å². The molecule has 0 bridgehead atoms. The molecule has 1 aromatic heterocycles. The summed E-state index contributed by atoms with van der Waals surface area (Å²) in [6, 6.07) is 14.4. The van der Waals surface area contributed by atoms with Gasteiger partial charge >= 0.3 is 0 Å². The number of hydrogen-bond acceptors (Lipinski definition) is 3. The summed E-state index contributed by atoms with van der Waals surface area (Å²) in [4.78, 5) is 13.4. The molecule has 0 aliphatic carbocycles. The van der Waals surface area contributed by atoms with Gasteiger partial charge in [-0.2, -0.15) is 0 Å². The average Bonchev–Trinajstić information content (AvgIpc) is 3.11. The second-order valence-electron chi connectivity index (χ2n) is 7.43. The maximum atomic E-state index is 12.7. The topological polar surface area (TPSA) is 38.3 Å². The Morgan fingerprint density at radius 3 is 2.46 bits per heavy atom. The zero-order valence-corrected chi connectivity index (χ0v) is 17.9. The summed E-state index contributed by atoms with van der Waals surface area (Å²) < 4.78 is 5.95. The van der Waals surface area contributed by atoms with Crippen LogP contribution < -0.4 is 10.1 Å². The number of amides is 1. The van der Waals surface area contributed by atoms with E-state index in [4.69, 9.17) is 4.74 Å². The molecule has 1 unspecified atom stereocenters. The molecule has 0 saturated heterocycles. The van der Waals surface area contributed by atoms with Gasteiger partial charge in [-0.05, 0) is 74.4 Å². The van der Waals surface area contributed by atoms with E-state index in [0.29, 0.717) is 11.5 Å². The molecule has 146 valence electrons. The number of rotatable bonds is 6. The van der Waals surface area contributed by atoms with Crippen molar-refractivity contribution in [3.63, 3.8) is 0 Å². The minimum Gasteiger partial charge on any atom is -0.489 e. The van der Waals surface area contributed by atoms with E-state index in [-0.39, 0.29) is 11.9 Å². The van der Waals surface area contributed by atoms with E-state index >= 15 is 0 Å². The number of carbonyl (C=O) groups excluding carboxylic acids is 1. The van der Waals surface area contributed by atoms with E-state index in [0.717, 1.165) is 22.4 Å². The van der Waals surface area contributed by atoms with Crippen molar-refractivity contribution in [1.29, 1.82) is 0 Å². The Labute approximate surface area is 171 Å². The second-order valence-corrected chi connectivity index (χ2v) is 8.34. The minimum atomic E-state index is -0.0459. The third-order valence-electron chi connectivity index (χ3n) is 4.85. The van der Waals surface area contributed by atoms with E-state index in [2.05, 4.69) is 56.4 Å². The first-order valence-electron chi connectivity index (χ1n) is 9.49. The summed E-state index contributed by atoms with van der Waals surface area (Å²) in [5, 5.41) is 5.10. The monoisotopic (exact) mass is 393 g/mol. The van der Waals surface area contributed by atoms with Crippen molar-refractivity contribution in [3.8, 4) is 5.75 Å². The fourth-order valence-electron chi connectivity index (χ4n) is 3.25. The van der Waals surface area contributed by atoms with Crippen molar-refractivity contribution in [2.45, 2.75) is 47.3 Å². The van der Waals surface area contributed by atoms with Crippen LogP contribution >= 0.6 is 11.3 Å². The molecule has 0 fully saturated rings. The molecule has 1 heterocycles. The van der Waals surface area contributed by atoms with Crippen molar-refractivity contribution >= 4 is 17.2 Å². The van der Waals surface area contributed by atoms with Gasteiger partial charge in [0.05, 0.1) is 10.9 Å². The Balaban J connectivity index is 1.62. The number of ether oxygens (including phenoxy) is 1. The van der Waals surface area contributed by atoms with E-state index in [1.54, 1.807) is 0 Å². The number of thiophene rings is 1. The first-order chi connectivity index (χ1) is 13.3. The number of carbonyl (C=O) groups is 1. The molecule has 1 amide bonds. The van der Waals surface area contributed by atoms with Gasteiger partial charge in [-0.25, -0.2) is 0 Å². The average molecular weight is 394 g/mol. The Hall–Kier alpha value is -2.59. The Kier molecular flexibility index (Phi) is 6.20. The van der Waals surface area contributed by atoms with Crippen molar-refractivity contribution in [1.82, 2.24) is 5.32 Å². The molecule has 3 rings (SSSR count). The molecule has 0 aliphatic rings. The van der Waals surface area contributed by atoms with Crippen LogP contribution in [0.1, 0.15) is 56.0 Å². The molecule has 1 N–H and O–H groups in total. The molecule has 28 heavy (non-hydrogen) atoms. The predicted molar refractivity (Wildman–Crippen MR) is 116 cm³/mol. The van der Waals surface area contributed by atoms with Gasteiger partial charge in [0.15, 0.2) is 0 Å². The Bertz CT molecular complexity index is 990. The molecule has 4 heteroatoms. The van der Waals surface area contributed by atoms with Crippen molar-refractivity contribution in [3.05, 3.63) is 86.1 Å². The number of hydrogen-bond donors (Lipinski definition) is 1. The quantitative estimate of drug-likeness (QED) is 0.553. The van der Waals surface area contributed by atoms with E-state index in [1.165, 1.54) is 28.0 Å². The van der Waals surface area contributed by atoms with Crippen LogP contribution in [0.25, 0.3) is 0 Å². The zero-order chi connectivity index (χ0) is 20.3. The largest absolute Gasteiger partial charge is 0.489 e. The summed E-state index contributed by atoms with van der Waals surface area (Å²) in [5.74, 6) is 0.844. The summed E-state index contributed by atoms with van der Waals surface area (Å²) >= 11 is 1.45. The number of benzene rings is 2.